The van der Waals surface area contributed by atoms with Crippen LogP contribution < -0.4 is 4.74 Å². The van der Waals surface area contributed by atoms with Crippen LogP contribution >= 0.6 is 63.7 Å². The van der Waals surface area contributed by atoms with Gasteiger partial charge in [-0.25, -0.2) is 0 Å². The van der Waals surface area contributed by atoms with Crippen molar-refractivity contribution in [2.75, 3.05) is 6.61 Å². The molecule has 0 heterocycles. The number of phenols is 1. The Balaban J connectivity index is 2.25. The van der Waals surface area contributed by atoms with Crippen LogP contribution in [0.25, 0.3) is 0 Å². The molecule has 2 aromatic carbocycles. The molecule has 154 valence electrons. The average molecular weight is 642 g/mol. The van der Waals surface area contributed by atoms with E-state index in [-0.39, 0.29) is 11.2 Å². The number of hydrogen-bond donors (Lipinski definition) is 1. The molecule has 2 nitrogen and oxygen atoms in total. The van der Waals surface area contributed by atoms with Crippen molar-refractivity contribution < 1.29 is 9.84 Å². The Morgan fingerprint density at radius 3 is 1.86 bits per heavy atom. The van der Waals surface area contributed by atoms with Crippen LogP contribution in [0.1, 0.15) is 58.1 Å². The molecule has 6 heteroatoms. The summed E-state index contributed by atoms with van der Waals surface area (Å²) in [4.78, 5) is 0. The van der Waals surface area contributed by atoms with E-state index in [4.69, 9.17) is 4.74 Å². The first kappa shape index (κ1) is 24.2. The zero-order chi connectivity index (χ0) is 21.1. The molecule has 0 saturated heterocycles. The molecular formula is C22H26Br4O2. The summed E-state index contributed by atoms with van der Waals surface area (Å²) < 4.78 is 9.26. The third-order valence-corrected chi connectivity index (χ3v) is 7.63. The van der Waals surface area contributed by atoms with E-state index in [0.717, 1.165) is 38.2 Å². The summed E-state index contributed by atoms with van der Waals surface area (Å²) in [5.74, 6) is 1.79. The number of benzene rings is 2. The van der Waals surface area contributed by atoms with Gasteiger partial charge in [0.05, 0.1) is 24.5 Å². The summed E-state index contributed by atoms with van der Waals surface area (Å²) in [6, 6.07) is 8.15. The number of rotatable bonds is 8. The third kappa shape index (κ3) is 5.77. The summed E-state index contributed by atoms with van der Waals surface area (Å²) in [5.41, 5.74) is 1.96. The standard InChI is InChI=1S/C22H26Br4O2/c1-5-13(2)7-6-8-28-21-18(25)11-15(12-19(21)26)22(3,4)14-9-16(23)20(27)17(24)10-14/h9-13,27H,5-8H2,1-4H3. The van der Waals surface area contributed by atoms with Crippen molar-refractivity contribution in [1.82, 2.24) is 0 Å². The molecular weight excluding hydrogens is 616 g/mol. The van der Waals surface area contributed by atoms with E-state index >= 15 is 0 Å². The SMILES string of the molecule is CCC(C)CCCOc1c(Br)cc(C(C)(C)c2cc(Br)c(O)c(Br)c2)cc1Br. The van der Waals surface area contributed by atoms with Gasteiger partial charge in [-0.2, -0.15) is 0 Å². The number of aromatic hydroxyl groups is 1. The second kappa shape index (κ2) is 10.3. The highest BCUT2D eigenvalue weighted by Crippen LogP contribution is 2.43. The molecule has 0 radical (unpaired) electrons. The first-order valence-electron chi connectivity index (χ1n) is 9.38. The van der Waals surface area contributed by atoms with Crippen LogP contribution in [0.3, 0.4) is 0 Å². The molecule has 1 N–H and O–H groups in total. The topological polar surface area (TPSA) is 29.5 Å². The summed E-state index contributed by atoms with van der Waals surface area (Å²) >= 11 is 14.2. The Bertz CT molecular complexity index is 787. The number of ether oxygens (including phenoxy) is 1. The fraction of sp³-hybridized carbons (Fsp3) is 0.455. The molecule has 0 aliphatic carbocycles. The van der Waals surface area contributed by atoms with Gasteiger partial charge < -0.3 is 9.84 Å². The second-order valence-corrected chi connectivity index (χ2v) is 11.1. The van der Waals surface area contributed by atoms with Crippen LogP contribution in [0.2, 0.25) is 0 Å². The van der Waals surface area contributed by atoms with Crippen molar-refractivity contribution in [3.8, 4) is 11.5 Å². The molecule has 28 heavy (non-hydrogen) atoms. The predicted octanol–water partition coefficient (Wildman–Crippen LogP) is 8.97. The van der Waals surface area contributed by atoms with Crippen molar-refractivity contribution in [3.05, 3.63) is 53.3 Å². The minimum atomic E-state index is -0.265. The van der Waals surface area contributed by atoms with Crippen LogP contribution in [0.4, 0.5) is 0 Å². The number of phenolic OH excluding ortho intramolecular Hbond substituents is 1. The minimum Gasteiger partial charge on any atom is -0.506 e. The highest BCUT2D eigenvalue weighted by Gasteiger charge is 2.27. The normalized spacial score (nSPS) is 12.9. The molecule has 2 aromatic rings. The smallest absolute Gasteiger partial charge is 0.147 e. The molecule has 0 amide bonds. The largest absolute Gasteiger partial charge is 0.506 e. The highest BCUT2D eigenvalue weighted by molar-refractivity contribution is 9.11. The quantitative estimate of drug-likeness (QED) is 0.292. The van der Waals surface area contributed by atoms with Crippen LogP contribution in [0, 0.1) is 5.92 Å². The van der Waals surface area contributed by atoms with Crippen molar-refractivity contribution in [2.24, 2.45) is 5.92 Å². The van der Waals surface area contributed by atoms with Crippen molar-refractivity contribution >= 4 is 63.7 Å². The predicted molar refractivity (Wildman–Crippen MR) is 132 cm³/mol. The fourth-order valence-electron chi connectivity index (χ4n) is 2.96. The van der Waals surface area contributed by atoms with E-state index in [1.54, 1.807) is 0 Å². The van der Waals surface area contributed by atoms with Gasteiger partial charge in [-0.15, -0.1) is 0 Å². The Morgan fingerprint density at radius 1 is 0.929 bits per heavy atom. The van der Waals surface area contributed by atoms with Crippen molar-refractivity contribution in [3.63, 3.8) is 0 Å². The molecule has 2 rings (SSSR count). The lowest BCUT2D eigenvalue weighted by Gasteiger charge is -2.28. The summed E-state index contributed by atoms with van der Waals surface area (Å²) in [5, 5.41) is 10.0. The van der Waals surface area contributed by atoms with Gasteiger partial charge in [0, 0.05) is 5.41 Å². The van der Waals surface area contributed by atoms with Crippen LogP contribution in [0.15, 0.2) is 42.2 Å². The first-order chi connectivity index (χ1) is 13.1. The van der Waals surface area contributed by atoms with E-state index in [9.17, 15) is 5.11 Å². The summed E-state index contributed by atoms with van der Waals surface area (Å²) in [6.07, 6.45) is 3.44. The fourth-order valence-corrected chi connectivity index (χ4v) is 5.56. The number of hydrogen-bond acceptors (Lipinski definition) is 2. The van der Waals surface area contributed by atoms with E-state index in [1.807, 2.05) is 12.1 Å². The van der Waals surface area contributed by atoms with E-state index in [0.29, 0.717) is 15.6 Å². The molecule has 0 aliphatic heterocycles. The maximum absolute atomic E-state index is 10.0. The van der Waals surface area contributed by atoms with Gasteiger partial charge in [-0.1, -0.05) is 34.1 Å². The van der Waals surface area contributed by atoms with Crippen LogP contribution in [0.5, 0.6) is 11.5 Å². The summed E-state index contributed by atoms with van der Waals surface area (Å²) in [7, 11) is 0. The van der Waals surface area contributed by atoms with Crippen LogP contribution in [-0.2, 0) is 5.41 Å². The van der Waals surface area contributed by atoms with Gasteiger partial charge in [-0.3, -0.25) is 0 Å². The molecule has 0 fully saturated rings. The molecule has 0 bridgehead atoms. The Kier molecular flexibility index (Phi) is 8.93. The Hall–Kier alpha value is -0.0400. The van der Waals surface area contributed by atoms with Crippen molar-refractivity contribution in [2.45, 2.75) is 52.4 Å². The Morgan fingerprint density at radius 2 is 1.39 bits per heavy atom. The van der Waals surface area contributed by atoms with Crippen LogP contribution in [-0.4, -0.2) is 11.7 Å². The molecule has 1 unspecified atom stereocenters. The van der Waals surface area contributed by atoms with E-state index in [1.165, 1.54) is 12.8 Å². The summed E-state index contributed by atoms with van der Waals surface area (Å²) in [6.45, 7) is 9.55. The molecule has 1 atom stereocenters. The molecule has 0 spiro atoms. The maximum atomic E-state index is 10.0. The monoisotopic (exact) mass is 638 g/mol. The van der Waals surface area contributed by atoms with E-state index in [2.05, 4.69) is 104 Å². The molecule has 0 aromatic heterocycles. The van der Waals surface area contributed by atoms with Gasteiger partial charge in [0.15, 0.2) is 0 Å². The van der Waals surface area contributed by atoms with Gasteiger partial charge in [0.1, 0.15) is 11.5 Å². The van der Waals surface area contributed by atoms with Gasteiger partial charge in [-0.05, 0) is 118 Å². The zero-order valence-corrected chi connectivity index (χ0v) is 22.9. The van der Waals surface area contributed by atoms with Gasteiger partial charge in [0.25, 0.3) is 0 Å². The minimum absolute atomic E-state index is 0.211. The lowest BCUT2D eigenvalue weighted by molar-refractivity contribution is 0.290. The number of halogens is 4. The van der Waals surface area contributed by atoms with Gasteiger partial charge >= 0.3 is 0 Å². The highest BCUT2D eigenvalue weighted by atomic mass is 79.9. The average Bonchev–Trinajstić information content (AvgIpc) is 2.63. The Labute approximate surface area is 202 Å². The molecule has 0 aliphatic rings. The maximum Gasteiger partial charge on any atom is 0.147 e. The van der Waals surface area contributed by atoms with Crippen molar-refractivity contribution in [1.29, 1.82) is 0 Å². The second-order valence-electron chi connectivity index (χ2n) is 7.69. The van der Waals surface area contributed by atoms with E-state index < -0.39 is 0 Å². The van der Waals surface area contributed by atoms with Gasteiger partial charge in [0.2, 0.25) is 0 Å². The first-order valence-corrected chi connectivity index (χ1v) is 12.6. The lowest BCUT2D eigenvalue weighted by atomic mass is 9.78. The molecule has 0 saturated carbocycles. The third-order valence-electron chi connectivity index (χ3n) is 5.24. The zero-order valence-electron chi connectivity index (χ0n) is 16.6. The lowest BCUT2D eigenvalue weighted by Crippen LogP contribution is -2.19.